The fraction of sp³-hybridized carbons (Fsp3) is 0.440. The predicted molar refractivity (Wildman–Crippen MR) is 121 cm³/mol. The third-order valence-corrected chi connectivity index (χ3v) is 5.88. The highest BCUT2D eigenvalue weighted by Gasteiger charge is 2.20. The SMILES string of the molecule is CCOC(=O)CCc1ccc2c(c1)C[C@@H](NCC(O)c1ccc(O)c(CC(N)=O)c1)CC2. The Morgan fingerprint density at radius 3 is 2.78 bits per heavy atom. The molecule has 2 atom stereocenters. The van der Waals surface area contributed by atoms with E-state index in [4.69, 9.17) is 10.5 Å². The molecule has 2 aromatic rings. The van der Waals surface area contributed by atoms with Gasteiger partial charge >= 0.3 is 5.97 Å². The number of carbonyl (C=O) groups is 2. The van der Waals surface area contributed by atoms with Crippen molar-refractivity contribution in [3.8, 4) is 5.75 Å². The van der Waals surface area contributed by atoms with Gasteiger partial charge in [0.2, 0.25) is 5.91 Å². The van der Waals surface area contributed by atoms with E-state index in [1.54, 1.807) is 12.1 Å². The molecule has 1 amide bonds. The number of aryl methyl sites for hydroxylation is 2. The summed E-state index contributed by atoms with van der Waals surface area (Å²) in [4.78, 5) is 22.8. The second-order valence-corrected chi connectivity index (χ2v) is 8.30. The third-order valence-electron chi connectivity index (χ3n) is 5.88. The van der Waals surface area contributed by atoms with Crippen molar-refractivity contribution in [1.82, 2.24) is 5.32 Å². The van der Waals surface area contributed by atoms with Crippen LogP contribution in [0.15, 0.2) is 36.4 Å². The molecular weight excluding hydrogens is 408 g/mol. The van der Waals surface area contributed by atoms with Gasteiger partial charge in [0.25, 0.3) is 0 Å². The Labute approximate surface area is 188 Å². The molecule has 3 rings (SSSR count). The van der Waals surface area contributed by atoms with Gasteiger partial charge in [-0.3, -0.25) is 9.59 Å². The molecule has 32 heavy (non-hydrogen) atoms. The van der Waals surface area contributed by atoms with Crippen LogP contribution in [0.4, 0.5) is 0 Å². The fourth-order valence-electron chi connectivity index (χ4n) is 4.16. The van der Waals surface area contributed by atoms with Crippen LogP contribution >= 0.6 is 0 Å². The molecule has 0 saturated heterocycles. The number of amides is 1. The van der Waals surface area contributed by atoms with Crippen LogP contribution in [-0.2, 0) is 40.0 Å². The molecule has 0 fully saturated rings. The lowest BCUT2D eigenvalue weighted by molar-refractivity contribution is -0.143. The molecule has 0 radical (unpaired) electrons. The van der Waals surface area contributed by atoms with Gasteiger partial charge in [-0.25, -0.2) is 0 Å². The van der Waals surface area contributed by atoms with Crippen LogP contribution in [-0.4, -0.2) is 41.3 Å². The maximum atomic E-state index is 11.6. The summed E-state index contributed by atoms with van der Waals surface area (Å²) in [5.74, 6) is -0.713. The molecule has 5 N–H and O–H groups in total. The number of nitrogens with one attached hydrogen (secondary N) is 1. The van der Waals surface area contributed by atoms with Crippen LogP contribution in [0, 0.1) is 0 Å². The number of hydrogen-bond acceptors (Lipinski definition) is 6. The lowest BCUT2D eigenvalue weighted by atomic mass is 9.86. The summed E-state index contributed by atoms with van der Waals surface area (Å²) in [5.41, 5.74) is 10.0. The van der Waals surface area contributed by atoms with E-state index >= 15 is 0 Å². The molecule has 0 spiro atoms. The molecule has 0 aromatic heterocycles. The quantitative estimate of drug-likeness (QED) is 0.420. The second kappa shape index (κ2) is 11.1. The highest BCUT2D eigenvalue weighted by molar-refractivity contribution is 5.77. The Balaban J connectivity index is 1.56. The van der Waals surface area contributed by atoms with E-state index in [0.717, 1.165) is 24.8 Å². The molecule has 172 valence electrons. The maximum absolute atomic E-state index is 11.6. The number of aromatic hydroxyl groups is 1. The number of carbonyl (C=O) groups excluding carboxylic acids is 2. The van der Waals surface area contributed by atoms with Crippen molar-refractivity contribution in [2.45, 2.75) is 57.6 Å². The molecule has 0 saturated carbocycles. The number of nitrogens with two attached hydrogens (primary N) is 1. The Morgan fingerprint density at radius 1 is 1.22 bits per heavy atom. The van der Waals surface area contributed by atoms with Crippen molar-refractivity contribution in [3.63, 3.8) is 0 Å². The number of ether oxygens (including phenoxy) is 1. The Hall–Kier alpha value is -2.90. The summed E-state index contributed by atoms with van der Waals surface area (Å²) in [5, 5.41) is 23.9. The minimum atomic E-state index is -0.764. The van der Waals surface area contributed by atoms with Crippen LogP contribution in [0.5, 0.6) is 5.75 Å². The monoisotopic (exact) mass is 440 g/mol. The molecule has 1 aliphatic rings. The van der Waals surface area contributed by atoms with E-state index in [2.05, 4.69) is 23.5 Å². The Morgan fingerprint density at radius 2 is 2.03 bits per heavy atom. The van der Waals surface area contributed by atoms with Crippen LogP contribution in [0.2, 0.25) is 0 Å². The highest BCUT2D eigenvalue weighted by Crippen LogP contribution is 2.25. The number of fused-ring (bicyclic) bond motifs is 1. The zero-order valence-corrected chi connectivity index (χ0v) is 18.5. The van der Waals surface area contributed by atoms with E-state index in [0.29, 0.717) is 37.1 Å². The number of phenols is 1. The summed E-state index contributed by atoms with van der Waals surface area (Å²) in [6.45, 7) is 2.57. The standard InChI is InChI=1S/C25H32N2O5/c1-2-32-25(31)10-4-16-3-5-17-6-8-21(13-19(17)11-16)27-15-23(29)18-7-9-22(28)20(12-18)14-24(26)30/h3,5,7,9,11-12,21,23,27-29H,2,4,6,8,10,13-15H2,1H3,(H2,26,30)/t21-,23?/m0/s1. The average molecular weight is 441 g/mol. The second-order valence-electron chi connectivity index (χ2n) is 8.30. The first-order valence-electron chi connectivity index (χ1n) is 11.1. The van der Waals surface area contributed by atoms with Gasteiger partial charge < -0.3 is 26.0 Å². The van der Waals surface area contributed by atoms with Crippen molar-refractivity contribution < 1.29 is 24.5 Å². The summed E-state index contributed by atoms with van der Waals surface area (Å²) >= 11 is 0. The number of esters is 1. The Bertz CT molecular complexity index is 959. The summed E-state index contributed by atoms with van der Waals surface area (Å²) in [7, 11) is 0. The molecule has 0 aliphatic heterocycles. The topological polar surface area (TPSA) is 122 Å². The number of rotatable bonds is 10. The van der Waals surface area contributed by atoms with Gasteiger partial charge in [0, 0.05) is 24.6 Å². The number of phenolic OH excluding ortho intramolecular Hbond substituents is 1. The maximum Gasteiger partial charge on any atom is 0.306 e. The lowest BCUT2D eigenvalue weighted by Gasteiger charge is -2.27. The van der Waals surface area contributed by atoms with Crippen LogP contribution < -0.4 is 11.1 Å². The van der Waals surface area contributed by atoms with Gasteiger partial charge in [-0.1, -0.05) is 24.3 Å². The molecule has 7 nitrogen and oxygen atoms in total. The number of aliphatic hydroxyl groups excluding tert-OH is 1. The normalized spacial score (nSPS) is 16.2. The number of hydrogen-bond donors (Lipinski definition) is 4. The molecule has 0 heterocycles. The Kier molecular flexibility index (Phi) is 8.25. The zero-order chi connectivity index (χ0) is 23.1. The van der Waals surface area contributed by atoms with E-state index in [1.165, 1.54) is 17.2 Å². The summed E-state index contributed by atoms with van der Waals surface area (Å²) < 4.78 is 5.01. The fourth-order valence-corrected chi connectivity index (χ4v) is 4.16. The summed E-state index contributed by atoms with van der Waals surface area (Å²) in [6.07, 6.45) is 3.00. The summed E-state index contributed by atoms with van der Waals surface area (Å²) in [6, 6.07) is 11.4. The molecule has 0 bridgehead atoms. The zero-order valence-electron chi connectivity index (χ0n) is 18.5. The van der Waals surface area contributed by atoms with Gasteiger partial charge in [0.05, 0.1) is 19.1 Å². The van der Waals surface area contributed by atoms with Crippen molar-refractivity contribution in [1.29, 1.82) is 0 Å². The van der Waals surface area contributed by atoms with Gasteiger partial charge in [0.1, 0.15) is 5.75 Å². The van der Waals surface area contributed by atoms with E-state index < -0.39 is 12.0 Å². The van der Waals surface area contributed by atoms with E-state index in [-0.39, 0.29) is 24.2 Å². The van der Waals surface area contributed by atoms with Crippen molar-refractivity contribution in [2.75, 3.05) is 13.2 Å². The third kappa shape index (κ3) is 6.55. The van der Waals surface area contributed by atoms with Gasteiger partial charge in [0.15, 0.2) is 0 Å². The number of aliphatic hydroxyl groups is 1. The minimum absolute atomic E-state index is 0.00430. The smallest absolute Gasteiger partial charge is 0.306 e. The first-order chi connectivity index (χ1) is 15.4. The van der Waals surface area contributed by atoms with Crippen LogP contribution in [0.25, 0.3) is 0 Å². The van der Waals surface area contributed by atoms with E-state index in [9.17, 15) is 19.8 Å². The number of benzene rings is 2. The van der Waals surface area contributed by atoms with Crippen molar-refractivity contribution in [3.05, 3.63) is 64.2 Å². The van der Waals surface area contributed by atoms with Gasteiger partial charge in [-0.15, -0.1) is 0 Å². The van der Waals surface area contributed by atoms with Crippen molar-refractivity contribution >= 4 is 11.9 Å². The molecule has 1 unspecified atom stereocenters. The van der Waals surface area contributed by atoms with Crippen molar-refractivity contribution in [2.24, 2.45) is 5.73 Å². The predicted octanol–water partition coefficient (Wildman–Crippen LogP) is 2.10. The molecule has 7 heteroatoms. The first-order valence-corrected chi connectivity index (χ1v) is 11.1. The molecule has 2 aromatic carbocycles. The highest BCUT2D eigenvalue weighted by atomic mass is 16.5. The average Bonchev–Trinajstić information content (AvgIpc) is 2.77. The largest absolute Gasteiger partial charge is 0.508 e. The molecule has 1 aliphatic carbocycles. The number of primary amides is 1. The van der Waals surface area contributed by atoms with Crippen LogP contribution in [0.3, 0.4) is 0 Å². The van der Waals surface area contributed by atoms with Crippen LogP contribution in [0.1, 0.15) is 53.7 Å². The minimum Gasteiger partial charge on any atom is -0.508 e. The van der Waals surface area contributed by atoms with E-state index in [1.807, 2.05) is 6.92 Å². The molecular formula is C25H32N2O5. The first kappa shape index (κ1) is 23.8. The van der Waals surface area contributed by atoms with Gasteiger partial charge in [-0.05, 0) is 67.0 Å². The van der Waals surface area contributed by atoms with Gasteiger partial charge in [-0.2, -0.15) is 0 Å². The lowest BCUT2D eigenvalue weighted by Crippen LogP contribution is -2.37.